The van der Waals surface area contributed by atoms with Crippen molar-refractivity contribution in [2.45, 2.75) is 19.2 Å². The number of hydrogen-bond acceptors (Lipinski definition) is 6. The first-order chi connectivity index (χ1) is 10.2. The van der Waals surface area contributed by atoms with Gasteiger partial charge in [0.15, 0.2) is 0 Å². The largest absolute Gasteiger partial charge is 0.465 e. The zero-order chi connectivity index (χ0) is 16.8. The van der Waals surface area contributed by atoms with Crippen LogP contribution in [0.4, 0.5) is 0 Å². The Bertz CT molecular complexity index is 547. The summed E-state index contributed by atoms with van der Waals surface area (Å²) in [5.41, 5.74) is -2.40. The number of carbonyl (C=O) groups excluding carboxylic acids is 1. The molecule has 0 saturated heterocycles. The van der Waals surface area contributed by atoms with Crippen LogP contribution >= 0.6 is 23.5 Å². The Balaban J connectivity index is 2.73. The topological polar surface area (TPSA) is 125 Å². The lowest BCUT2D eigenvalue weighted by Crippen LogP contribution is -2.49. The Morgan fingerprint density at radius 1 is 1.36 bits per heavy atom. The maximum Gasteiger partial charge on any atom is 0.401 e. The Morgan fingerprint density at radius 3 is 2.45 bits per heavy atom. The van der Waals surface area contributed by atoms with E-state index in [-0.39, 0.29) is 13.2 Å². The van der Waals surface area contributed by atoms with Crippen molar-refractivity contribution in [1.29, 1.82) is 0 Å². The van der Waals surface area contributed by atoms with Crippen LogP contribution in [0, 0.1) is 0 Å². The van der Waals surface area contributed by atoms with Crippen LogP contribution in [0.1, 0.15) is 12.5 Å². The van der Waals surface area contributed by atoms with Crippen LogP contribution in [0.2, 0.25) is 0 Å². The molecule has 0 saturated carbocycles. The first-order valence-corrected chi connectivity index (χ1v) is 8.65. The maximum atomic E-state index is 11.4. The fraction of sp³-hybridized carbons (Fsp3) is 0.417. The Morgan fingerprint density at radius 2 is 1.95 bits per heavy atom. The number of halogens is 1. The van der Waals surface area contributed by atoms with Gasteiger partial charge >= 0.3 is 19.2 Å². The zero-order valence-electron chi connectivity index (χ0n) is 11.7. The number of hydrogen-bond donors (Lipinski definition) is 4. The number of esters is 1. The Kier molecular flexibility index (Phi) is 7.14. The van der Waals surface area contributed by atoms with Gasteiger partial charge < -0.3 is 24.4 Å². The van der Waals surface area contributed by atoms with Crippen LogP contribution in [-0.4, -0.2) is 39.7 Å². The molecule has 0 aliphatic carbocycles. The van der Waals surface area contributed by atoms with E-state index in [1.165, 1.54) is 0 Å². The minimum absolute atomic E-state index is 0.106. The van der Waals surface area contributed by atoms with Crippen LogP contribution in [0.15, 0.2) is 28.7 Å². The predicted molar refractivity (Wildman–Crippen MR) is 80.6 cm³/mol. The van der Waals surface area contributed by atoms with E-state index in [9.17, 15) is 24.3 Å². The van der Waals surface area contributed by atoms with Crippen LogP contribution in [-0.2, 0) is 25.4 Å². The van der Waals surface area contributed by atoms with Gasteiger partial charge in [0.2, 0.25) is 0 Å². The normalized spacial score (nSPS) is 14.4. The van der Waals surface area contributed by atoms with E-state index in [0.717, 1.165) is 4.47 Å². The van der Waals surface area contributed by atoms with Gasteiger partial charge in [0.1, 0.15) is 0 Å². The zero-order valence-corrected chi connectivity index (χ0v) is 14.2. The monoisotopic (exact) mass is 397 g/mol. The summed E-state index contributed by atoms with van der Waals surface area (Å²) in [7, 11) is -5.10. The average Bonchev–Trinajstić information content (AvgIpc) is 2.44. The van der Waals surface area contributed by atoms with Gasteiger partial charge in [-0.15, -0.1) is 0 Å². The highest BCUT2D eigenvalue weighted by atomic mass is 79.9. The third kappa shape index (κ3) is 5.77. The summed E-state index contributed by atoms with van der Waals surface area (Å²) in [5, 5.41) is 12.0. The van der Waals surface area contributed by atoms with Gasteiger partial charge in [0.25, 0.3) is 0 Å². The first kappa shape index (κ1) is 19.2. The summed E-state index contributed by atoms with van der Waals surface area (Å²) in [6, 6.07) is 6.72. The van der Waals surface area contributed by atoms with Gasteiger partial charge in [0, 0.05) is 4.47 Å². The summed E-state index contributed by atoms with van der Waals surface area (Å²) in [5.74, 6) is -0.776. The summed E-state index contributed by atoms with van der Waals surface area (Å²) in [4.78, 5) is 29.7. The lowest BCUT2D eigenvalue weighted by Gasteiger charge is -2.29. The molecule has 0 spiro atoms. The van der Waals surface area contributed by atoms with Crippen molar-refractivity contribution in [3.63, 3.8) is 0 Å². The second kappa shape index (κ2) is 8.16. The molecule has 0 amide bonds. The number of rotatable bonds is 8. The molecule has 0 aliphatic rings. The van der Waals surface area contributed by atoms with E-state index in [0.29, 0.717) is 5.56 Å². The minimum Gasteiger partial charge on any atom is -0.465 e. The minimum atomic E-state index is -5.10. The molecular weight excluding hydrogens is 381 g/mol. The van der Waals surface area contributed by atoms with Gasteiger partial charge in [-0.25, -0.2) is 5.32 Å². The van der Waals surface area contributed by atoms with Gasteiger partial charge in [0.05, 0.1) is 19.8 Å². The van der Waals surface area contributed by atoms with E-state index in [4.69, 9.17) is 4.74 Å². The van der Waals surface area contributed by atoms with Crippen LogP contribution in [0.5, 0.6) is 0 Å². The van der Waals surface area contributed by atoms with Crippen molar-refractivity contribution < 1.29 is 33.7 Å². The molecule has 0 bridgehead atoms. The Hall–Kier alpha value is -0.800. The van der Waals surface area contributed by atoms with E-state index in [1.807, 2.05) is 5.32 Å². The number of aliphatic hydroxyl groups is 1. The first-order valence-electron chi connectivity index (χ1n) is 6.25. The highest BCUT2D eigenvalue weighted by molar-refractivity contribution is 9.10. The van der Waals surface area contributed by atoms with Gasteiger partial charge in [-0.2, -0.15) is 0 Å². The molecule has 8 nitrogen and oxygen atoms in total. The molecule has 1 atom stereocenters. The smallest absolute Gasteiger partial charge is 0.401 e. The second-order valence-electron chi connectivity index (χ2n) is 4.23. The molecular formula is C12H17BrNO7P. The standard InChI is InChI=1S/C12H17BrNO7P/c1-2-20-11(15)7-14-12(16,22(17,18)19)21-8-9-3-5-10(13)6-4-9/h3-6,14,16H,2,7-8H2,1H3,(H2,17,18,19). The van der Waals surface area contributed by atoms with E-state index in [1.54, 1.807) is 31.2 Å². The molecule has 124 valence electrons. The number of ether oxygens (including phenoxy) is 2. The molecule has 0 radical (unpaired) electrons. The third-order valence-electron chi connectivity index (χ3n) is 2.52. The SMILES string of the molecule is CCOC(=O)CNC(O)(OCc1ccc(Br)cc1)P(=O)(O)O. The molecule has 0 aliphatic heterocycles. The van der Waals surface area contributed by atoms with Crippen molar-refractivity contribution in [2.75, 3.05) is 13.2 Å². The lowest BCUT2D eigenvalue weighted by atomic mass is 10.2. The molecule has 10 heteroatoms. The average molecular weight is 398 g/mol. The molecule has 1 unspecified atom stereocenters. The summed E-state index contributed by atoms with van der Waals surface area (Å²) in [6.07, 6.45) is 0. The molecule has 1 aromatic carbocycles. The Labute approximate surface area is 135 Å². The quantitative estimate of drug-likeness (QED) is 0.289. The third-order valence-corrected chi connectivity index (χ3v) is 4.12. The lowest BCUT2D eigenvalue weighted by molar-refractivity contribution is -0.184. The van der Waals surface area contributed by atoms with Crippen molar-refractivity contribution in [2.24, 2.45) is 0 Å². The molecule has 4 N–H and O–H groups in total. The molecule has 0 heterocycles. The van der Waals surface area contributed by atoms with Crippen LogP contribution < -0.4 is 5.32 Å². The highest BCUT2D eigenvalue weighted by Crippen LogP contribution is 2.48. The summed E-state index contributed by atoms with van der Waals surface area (Å²) in [6.45, 7) is 0.798. The van der Waals surface area contributed by atoms with Gasteiger partial charge in [-0.05, 0) is 24.6 Å². The summed E-state index contributed by atoms with van der Waals surface area (Å²) < 4.78 is 21.7. The van der Waals surface area contributed by atoms with Gasteiger partial charge in [-0.3, -0.25) is 9.36 Å². The highest BCUT2D eigenvalue weighted by Gasteiger charge is 2.47. The maximum absolute atomic E-state index is 11.4. The molecule has 22 heavy (non-hydrogen) atoms. The van der Waals surface area contributed by atoms with Crippen molar-refractivity contribution in [1.82, 2.24) is 5.32 Å². The molecule has 1 aromatic rings. The van der Waals surface area contributed by atoms with Crippen molar-refractivity contribution in [3.05, 3.63) is 34.3 Å². The molecule has 0 fully saturated rings. The fourth-order valence-corrected chi connectivity index (χ4v) is 2.18. The molecule has 0 aromatic heterocycles. The fourth-order valence-electron chi connectivity index (χ4n) is 1.40. The number of carbonyl (C=O) groups is 1. The van der Waals surface area contributed by atoms with Crippen molar-refractivity contribution >= 4 is 29.5 Å². The van der Waals surface area contributed by atoms with Crippen molar-refractivity contribution in [3.8, 4) is 0 Å². The summed E-state index contributed by atoms with van der Waals surface area (Å²) >= 11 is 3.24. The van der Waals surface area contributed by atoms with Gasteiger partial charge in [-0.1, -0.05) is 28.1 Å². The molecule has 1 rings (SSSR count). The second-order valence-corrected chi connectivity index (χ2v) is 6.84. The van der Waals surface area contributed by atoms with Crippen LogP contribution in [0.25, 0.3) is 0 Å². The number of nitrogens with one attached hydrogen (secondary N) is 1. The van der Waals surface area contributed by atoms with E-state index in [2.05, 4.69) is 20.7 Å². The number of benzene rings is 1. The van der Waals surface area contributed by atoms with Crippen LogP contribution in [0.3, 0.4) is 0 Å². The van der Waals surface area contributed by atoms with E-state index < -0.39 is 25.8 Å². The van der Waals surface area contributed by atoms with E-state index >= 15 is 0 Å². The predicted octanol–water partition coefficient (Wildman–Crippen LogP) is 0.900.